The molecule has 6 heteroatoms. The third-order valence-corrected chi connectivity index (χ3v) is 3.52. The third kappa shape index (κ3) is 3.20. The van der Waals surface area contributed by atoms with E-state index in [4.69, 9.17) is 33.3 Å². The monoisotopic (exact) mass is 320 g/mol. The second-order valence-corrected chi connectivity index (χ2v) is 5.45. The number of nitrogens with one attached hydrogen (secondary N) is 2. The summed E-state index contributed by atoms with van der Waals surface area (Å²) in [5, 5.41) is 7.39. The molecule has 0 amide bonds. The number of halogens is 1. The van der Waals surface area contributed by atoms with Gasteiger partial charge in [-0.1, -0.05) is 17.7 Å². The van der Waals surface area contributed by atoms with Gasteiger partial charge in [0.15, 0.2) is 16.6 Å². The molecule has 0 aromatic heterocycles. The molecule has 0 unspecified atom stereocenters. The molecule has 0 bridgehead atoms. The average molecular weight is 321 g/mol. The maximum absolute atomic E-state index is 5.99. The molecular weight excluding hydrogens is 308 g/mol. The van der Waals surface area contributed by atoms with Crippen molar-refractivity contribution in [1.29, 1.82) is 0 Å². The summed E-state index contributed by atoms with van der Waals surface area (Å²) in [6.07, 6.45) is 0. The highest BCUT2D eigenvalue weighted by Crippen LogP contribution is 2.34. The van der Waals surface area contributed by atoms with Crippen molar-refractivity contribution in [3.8, 4) is 11.5 Å². The van der Waals surface area contributed by atoms with Crippen LogP contribution in [0.2, 0.25) is 5.02 Å². The lowest BCUT2D eigenvalue weighted by Crippen LogP contribution is -2.19. The Morgan fingerprint density at radius 1 is 1.10 bits per heavy atom. The number of anilines is 2. The van der Waals surface area contributed by atoms with Crippen LogP contribution in [-0.4, -0.2) is 11.9 Å². The minimum absolute atomic E-state index is 0.253. The Morgan fingerprint density at radius 3 is 2.76 bits per heavy atom. The van der Waals surface area contributed by atoms with Crippen molar-refractivity contribution in [3.63, 3.8) is 0 Å². The minimum Gasteiger partial charge on any atom is -0.454 e. The molecule has 0 spiro atoms. The molecule has 0 aliphatic carbocycles. The molecule has 2 N–H and O–H groups in total. The van der Waals surface area contributed by atoms with Gasteiger partial charge in [-0.25, -0.2) is 0 Å². The molecule has 1 heterocycles. The van der Waals surface area contributed by atoms with Crippen LogP contribution in [0.1, 0.15) is 5.56 Å². The summed E-state index contributed by atoms with van der Waals surface area (Å²) in [5.41, 5.74) is 2.77. The molecule has 2 aromatic rings. The zero-order chi connectivity index (χ0) is 14.8. The van der Waals surface area contributed by atoms with Crippen LogP contribution in [-0.2, 0) is 0 Å². The Hall–Kier alpha value is -1.98. The Bertz CT molecular complexity index is 706. The summed E-state index contributed by atoms with van der Waals surface area (Å²) in [7, 11) is 0. The van der Waals surface area contributed by atoms with Crippen LogP contribution in [0.25, 0.3) is 0 Å². The summed E-state index contributed by atoms with van der Waals surface area (Å²) >= 11 is 11.3. The van der Waals surface area contributed by atoms with E-state index < -0.39 is 0 Å². The van der Waals surface area contributed by atoms with E-state index in [1.54, 1.807) is 0 Å². The Kier molecular flexibility index (Phi) is 3.86. The molecule has 1 aliphatic heterocycles. The molecule has 21 heavy (non-hydrogen) atoms. The zero-order valence-corrected chi connectivity index (χ0v) is 12.8. The first-order chi connectivity index (χ1) is 10.1. The van der Waals surface area contributed by atoms with Gasteiger partial charge in [0.05, 0.1) is 0 Å². The van der Waals surface area contributed by atoms with E-state index in [0.717, 1.165) is 22.7 Å². The first kappa shape index (κ1) is 14.0. The fraction of sp³-hybridized carbons (Fsp3) is 0.133. The van der Waals surface area contributed by atoms with Crippen molar-refractivity contribution < 1.29 is 9.47 Å². The van der Waals surface area contributed by atoms with Gasteiger partial charge in [-0.2, -0.15) is 0 Å². The van der Waals surface area contributed by atoms with Gasteiger partial charge in [0, 0.05) is 22.5 Å². The summed E-state index contributed by atoms with van der Waals surface area (Å²) in [5.74, 6) is 1.45. The Morgan fingerprint density at radius 2 is 1.90 bits per heavy atom. The SMILES string of the molecule is Cc1ccc(Cl)cc1NC(=S)Nc1ccc2c(c1)OCO2. The van der Waals surface area contributed by atoms with E-state index >= 15 is 0 Å². The van der Waals surface area contributed by atoms with E-state index in [1.165, 1.54) is 0 Å². The molecule has 0 radical (unpaired) electrons. The number of benzene rings is 2. The molecule has 0 saturated heterocycles. The van der Waals surface area contributed by atoms with E-state index in [1.807, 2.05) is 43.3 Å². The quantitative estimate of drug-likeness (QED) is 0.812. The molecule has 0 atom stereocenters. The highest BCUT2D eigenvalue weighted by Gasteiger charge is 2.13. The van der Waals surface area contributed by atoms with Crippen LogP contribution in [0.15, 0.2) is 36.4 Å². The number of hydrogen-bond acceptors (Lipinski definition) is 3. The molecule has 2 aromatic carbocycles. The minimum atomic E-state index is 0.253. The highest BCUT2D eigenvalue weighted by atomic mass is 35.5. The van der Waals surface area contributed by atoms with Crippen LogP contribution in [0.3, 0.4) is 0 Å². The lowest BCUT2D eigenvalue weighted by molar-refractivity contribution is 0.174. The van der Waals surface area contributed by atoms with Crippen molar-refractivity contribution in [3.05, 3.63) is 47.0 Å². The smallest absolute Gasteiger partial charge is 0.231 e. The van der Waals surface area contributed by atoms with Gasteiger partial charge in [0.1, 0.15) is 0 Å². The fourth-order valence-electron chi connectivity index (χ4n) is 1.99. The molecule has 4 nitrogen and oxygen atoms in total. The maximum Gasteiger partial charge on any atom is 0.231 e. The fourth-order valence-corrected chi connectivity index (χ4v) is 2.39. The van der Waals surface area contributed by atoms with Gasteiger partial charge in [0.25, 0.3) is 0 Å². The molecular formula is C15H13ClN2O2S. The summed E-state index contributed by atoms with van der Waals surface area (Å²) in [6, 6.07) is 11.2. The average Bonchev–Trinajstić information content (AvgIpc) is 2.90. The van der Waals surface area contributed by atoms with Crippen molar-refractivity contribution in [2.24, 2.45) is 0 Å². The lowest BCUT2D eigenvalue weighted by atomic mass is 10.2. The van der Waals surface area contributed by atoms with Crippen molar-refractivity contribution in [2.45, 2.75) is 6.92 Å². The first-order valence-electron chi connectivity index (χ1n) is 6.35. The standard InChI is InChI=1S/C15H13ClN2O2S/c1-9-2-3-10(16)6-12(9)18-15(21)17-11-4-5-13-14(7-11)20-8-19-13/h2-7H,8H2,1H3,(H2,17,18,21). The maximum atomic E-state index is 5.99. The van der Waals surface area contributed by atoms with Crippen molar-refractivity contribution in [2.75, 3.05) is 17.4 Å². The van der Waals surface area contributed by atoms with Crippen LogP contribution in [0.5, 0.6) is 11.5 Å². The topological polar surface area (TPSA) is 42.5 Å². The number of fused-ring (bicyclic) bond motifs is 1. The number of rotatable bonds is 2. The summed E-state index contributed by atoms with van der Waals surface area (Å²) in [4.78, 5) is 0. The predicted octanol–water partition coefficient (Wildman–Crippen LogP) is 4.19. The third-order valence-electron chi connectivity index (χ3n) is 3.08. The molecule has 108 valence electrons. The van der Waals surface area contributed by atoms with E-state index in [-0.39, 0.29) is 6.79 Å². The van der Waals surface area contributed by atoms with Crippen molar-refractivity contribution >= 4 is 40.3 Å². The molecule has 1 aliphatic rings. The largest absolute Gasteiger partial charge is 0.454 e. The van der Waals surface area contributed by atoms with Gasteiger partial charge in [-0.15, -0.1) is 0 Å². The van der Waals surface area contributed by atoms with Crippen LogP contribution in [0, 0.1) is 6.92 Å². The second kappa shape index (κ2) is 5.79. The molecule has 0 saturated carbocycles. The summed E-state index contributed by atoms with van der Waals surface area (Å²) < 4.78 is 10.6. The predicted molar refractivity (Wildman–Crippen MR) is 88.6 cm³/mol. The van der Waals surface area contributed by atoms with Gasteiger partial charge in [-0.05, 0) is 49.0 Å². The zero-order valence-electron chi connectivity index (χ0n) is 11.3. The molecule has 0 fully saturated rings. The number of ether oxygens (including phenoxy) is 2. The Labute approximate surface area is 133 Å². The number of thiocarbonyl (C=S) groups is 1. The summed E-state index contributed by atoms with van der Waals surface area (Å²) in [6.45, 7) is 2.24. The molecule has 3 rings (SSSR count). The van der Waals surface area contributed by atoms with E-state index in [2.05, 4.69) is 10.6 Å². The normalized spacial score (nSPS) is 12.1. The van der Waals surface area contributed by atoms with Gasteiger partial charge < -0.3 is 20.1 Å². The van der Waals surface area contributed by atoms with E-state index in [0.29, 0.717) is 15.9 Å². The van der Waals surface area contributed by atoms with Gasteiger partial charge in [-0.3, -0.25) is 0 Å². The van der Waals surface area contributed by atoms with E-state index in [9.17, 15) is 0 Å². The van der Waals surface area contributed by atoms with Crippen molar-refractivity contribution in [1.82, 2.24) is 0 Å². The number of hydrogen-bond donors (Lipinski definition) is 2. The van der Waals surface area contributed by atoms with Crippen LogP contribution >= 0.6 is 23.8 Å². The van der Waals surface area contributed by atoms with Crippen LogP contribution in [0.4, 0.5) is 11.4 Å². The highest BCUT2D eigenvalue weighted by molar-refractivity contribution is 7.80. The van der Waals surface area contributed by atoms with Gasteiger partial charge >= 0.3 is 0 Å². The Balaban J connectivity index is 1.70. The van der Waals surface area contributed by atoms with Gasteiger partial charge in [0.2, 0.25) is 6.79 Å². The lowest BCUT2D eigenvalue weighted by Gasteiger charge is -2.13. The number of aryl methyl sites for hydroxylation is 1. The second-order valence-electron chi connectivity index (χ2n) is 4.61. The van der Waals surface area contributed by atoms with Crippen LogP contribution < -0.4 is 20.1 Å². The first-order valence-corrected chi connectivity index (χ1v) is 7.14.